The number of nitrogens with zero attached hydrogens (tertiary/aromatic N) is 3. The molecule has 5 N–H and O–H groups in total. The van der Waals surface area contributed by atoms with Crippen molar-refractivity contribution in [3.05, 3.63) is 16.7 Å². The van der Waals surface area contributed by atoms with Gasteiger partial charge in [0.15, 0.2) is 17.4 Å². The average Bonchev–Trinajstić information content (AvgIpc) is 2.93. The molecule has 1 aliphatic rings. The molecule has 1 unspecified atom stereocenters. The van der Waals surface area contributed by atoms with Gasteiger partial charge in [-0.25, -0.2) is 4.98 Å². The summed E-state index contributed by atoms with van der Waals surface area (Å²) in [5, 5.41) is 19.8. The lowest BCUT2D eigenvalue weighted by atomic mass is 10.1. The summed E-state index contributed by atoms with van der Waals surface area (Å²) < 4.78 is 6.81. The van der Waals surface area contributed by atoms with Gasteiger partial charge in [0, 0.05) is 0 Å². The number of nitrogen functional groups attached to an aromatic ring is 1. The number of ether oxygens (including phenoxy) is 1. The van der Waals surface area contributed by atoms with Crippen LogP contribution in [0.3, 0.4) is 0 Å². The van der Waals surface area contributed by atoms with E-state index in [1.807, 2.05) is 0 Å². The van der Waals surface area contributed by atoms with E-state index < -0.39 is 30.1 Å². The van der Waals surface area contributed by atoms with Crippen LogP contribution in [0.1, 0.15) is 6.23 Å². The quantitative estimate of drug-likeness (QED) is 0.498. The number of hydrogen-bond acceptors (Lipinski definition) is 7. The van der Waals surface area contributed by atoms with Gasteiger partial charge in [0.1, 0.15) is 18.3 Å². The number of alkyl halides is 1. The molecule has 3 heterocycles. The van der Waals surface area contributed by atoms with E-state index >= 15 is 0 Å². The molecule has 3 rings (SSSR count). The number of imidazole rings is 1. The molecule has 0 spiro atoms. The van der Waals surface area contributed by atoms with Crippen LogP contribution in [0, 0.1) is 0 Å². The van der Waals surface area contributed by atoms with Crippen LogP contribution in [0.4, 0.5) is 5.95 Å². The Morgan fingerprint density at radius 1 is 1.50 bits per heavy atom. The van der Waals surface area contributed by atoms with E-state index in [2.05, 4.69) is 15.0 Å². The van der Waals surface area contributed by atoms with Gasteiger partial charge in [-0.15, -0.1) is 11.6 Å². The Balaban J connectivity index is 2.09. The summed E-state index contributed by atoms with van der Waals surface area (Å²) in [5.74, 6) is -0.0523. The monoisotopic (exact) mass is 301 g/mol. The molecular formula is C10H12ClN5O4. The van der Waals surface area contributed by atoms with Gasteiger partial charge in [0.25, 0.3) is 5.56 Å². The number of halogens is 1. The Labute approximate surface area is 117 Å². The summed E-state index contributed by atoms with van der Waals surface area (Å²) in [6, 6.07) is 0. The van der Waals surface area contributed by atoms with E-state index in [1.54, 1.807) is 0 Å². The second-order valence-electron chi connectivity index (χ2n) is 4.48. The van der Waals surface area contributed by atoms with Crippen molar-refractivity contribution in [2.75, 3.05) is 11.6 Å². The fraction of sp³-hybridized carbons (Fsp3) is 0.500. The number of anilines is 1. The minimum absolute atomic E-state index is 0.0253. The van der Waals surface area contributed by atoms with Crippen molar-refractivity contribution in [3.8, 4) is 0 Å². The van der Waals surface area contributed by atoms with Crippen LogP contribution in [0.5, 0.6) is 0 Å². The van der Waals surface area contributed by atoms with E-state index in [0.717, 1.165) is 0 Å². The highest BCUT2D eigenvalue weighted by Gasteiger charge is 2.43. The number of aromatic nitrogens is 4. The lowest BCUT2D eigenvalue weighted by Crippen LogP contribution is -2.32. The van der Waals surface area contributed by atoms with Gasteiger partial charge in [-0.05, 0) is 0 Å². The molecule has 20 heavy (non-hydrogen) atoms. The lowest BCUT2D eigenvalue weighted by Gasteiger charge is -2.16. The molecule has 0 amide bonds. The van der Waals surface area contributed by atoms with Crippen molar-refractivity contribution in [2.24, 2.45) is 0 Å². The zero-order chi connectivity index (χ0) is 14.4. The summed E-state index contributed by atoms with van der Waals surface area (Å²) in [6.07, 6.45) is -2.70. The number of aliphatic hydroxyl groups excluding tert-OH is 2. The standard InChI is InChI=1S/C10H12ClN5O4/c11-1-3-5(17)6(18)9(20-3)16-2-13-4-7(16)14-10(12)15-8(4)19/h2-3,5-6,9,17-18H,1H2,(H3,12,14,15,19)/t3-,5-,6-,9?/m1/s1. The van der Waals surface area contributed by atoms with Crippen molar-refractivity contribution in [1.82, 2.24) is 19.5 Å². The summed E-state index contributed by atoms with van der Waals surface area (Å²) >= 11 is 5.65. The van der Waals surface area contributed by atoms with Crippen LogP contribution >= 0.6 is 11.6 Å². The zero-order valence-corrected chi connectivity index (χ0v) is 10.9. The highest BCUT2D eigenvalue weighted by atomic mass is 35.5. The van der Waals surface area contributed by atoms with Gasteiger partial charge >= 0.3 is 0 Å². The maximum absolute atomic E-state index is 11.7. The molecule has 4 atom stereocenters. The predicted molar refractivity (Wildman–Crippen MR) is 69.2 cm³/mol. The van der Waals surface area contributed by atoms with Gasteiger partial charge in [-0.1, -0.05) is 0 Å². The van der Waals surface area contributed by atoms with Gasteiger partial charge in [-0.3, -0.25) is 14.3 Å². The number of nitrogens with one attached hydrogen (secondary N) is 1. The summed E-state index contributed by atoms with van der Waals surface area (Å²) in [4.78, 5) is 21.9. The minimum atomic E-state index is -1.21. The van der Waals surface area contributed by atoms with Crippen molar-refractivity contribution in [1.29, 1.82) is 0 Å². The maximum Gasteiger partial charge on any atom is 0.280 e. The molecular weight excluding hydrogens is 290 g/mol. The minimum Gasteiger partial charge on any atom is -0.387 e. The third kappa shape index (κ3) is 1.86. The number of H-pyrrole nitrogens is 1. The second-order valence-corrected chi connectivity index (χ2v) is 4.78. The smallest absolute Gasteiger partial charge is 0.280 e. The molecule has 0 aliphatic carbocycles. The van der Waals surface area contributed by atoms with Crippen molar-refractivity contribution in [2.45, 2.75) is 24.5 Å². The SMILES string of the molecule is Nc1nc2c(ncn2C2O[C@H](CCl)[C@@H](O)[C@H]2O)c(=O)[nH]1. The summed E-state index contributed by atoms with van der Waals surface area (Å²) in [5.41, 5.74) is 5.23. The van der Waals surface area contributed by atoms with Crippen molar-refractivity contribution in [3.63, 3.8) is 0 Å². The van der Waals surface area contributed by atoms with E-state index in [0.29, 0.717) is 0 Å². The second kappa shape index (κ2) is 4.70. The topological polar surface area (TPSA) is 139 Å². The van der Waals surface area contributed by atoms with Crippen LogP contribution in [-0.2, 0) is 4.74 Å². The molecule has 0 aromatic carbocycles. The van der Waals surface area contributed by atoms with E-state index in [1.165, 1.54) is 10.9 Å². The molecule has 1 fully saturated rings. The molecule has 10 heteroatoms. The number of aromatic amines is 1. The van der Waals surface area contributed by atoms with Crippen LogP contribution in [0.15, 0.2) is 11.1 Å². The highest BCUT2D eigenvalue weighted by molar-refractivity contribution is 6.18. The third-order valence-corrected chi connectivity index (χ3v) is 3.52. The first-order valence-corrected chi connectivity index (χ1v) is 6.36. The average molecular weight is 302 g/mol. The van der Waals surface area contributed by atoms with E-state index in [4.69, 9.17) is 22.1 Å². The molecule has 0 saturated carbocycles. The number of rotatable bonds is 2. The molecule has 108 valence electrons. The molecule has 2 aromatic rings. The van der Waals surface area contributed by atoms with Crippen LogP contribution in [-0.4, -0.2) is 53.9 Å². The lowest BCUT2D eigenvalue weighted by molar-refractivity contribution is -0.0291. The number of hydrogen-bond donors (Lipinski definition) is 4. The fourth-order valence-corrected chi connectivity index (χ4v) is 2.47. The Morgan fingerprint density at radius 2 is 2.25 bits per heavy atom. The molecule has 0 radical (unpaired) electrons. The third-order valence-electron chi connectivity index (χ3n) is 3.21. The summed E-state index contributed by atoms with van der Waals surface area (Å²) in [6.45, 7) is 0. The molecule has 1 saturated heterocycles. The largest absolute Gasteiger partial charge is 0.387 e. The summed E-state index contributed by atoms with van der Waals surface area (Å²) in [7, 11) is 0. The Kier molecular flexibility index (Phi) is 3.13. The predicted octanol–water partition coefficient (Wildman–Crippen LogP) is -1.44. The molecule has 1 aliphatic heterocycles. The van der Waals surface area contributed by atoms with Gasteiger partial charge in [0.05, 0.1) is 12.2 Å². The Morgan fingerprint density at radius 3 is 2.90 bits per heavy atom. The van der Waals surface area contributed by atoms with Gasteiger partial charge in [0.2, 0.25) is 5.95 Å². The number of fused-ring (bicyclic) bond motifs is 1. The van der Waals surface area contributed by atoms with Gasteiger partial charge < -0.3 is 20.7 Å². The van der Waals surface area contributed by atoms with Crippen molar-refractivity contribution < 1.29 is 14.9 Å². The van der Waals surface area contributed by atoms with Gasteiger partial charge in [-0.2, -0.15) is 4.98 Å². The van der Waals surface area contributed by atoms with E-state index in [9.17, 15) is 15.0 Å². The number of aliphatic hydroxyl groups is 2. The maximum atomic E-state index is 11.7. The van der Waals surface area contributed by atoms with Crippen LogP contribution in [0.2, 0.25) is 0 Å². The molecule has 9 nitrogen and oxygen atoms in total. The first-order valence-electron chi connectivity index (χ1n) is 5.83. The fourth-order valence-electron chi connectivity index (χ4n) is 2.22. The Hall–Kier alpha value is -1.68. The highest BCUT2D eigenvalue weighted by Crippen LogP contribution is 2.31. The van der Waals surface area contributed by atoms with Crippen LogP contribution < -0.4 is 11.3 Å². The normalized spacial score (nSPS) is 30.1. The van der Waals surface area contributed by atoms with Crippen molar-refractivity contribution >= 4 is 28.7 Å². The van der Waals surface area contributed by atoms with Crippen LogP contribution in [0.25, 0.3) is 11.2 Å². The zero-order valence-electron chi connectivity index (χ0n) is 10.1. The number of nitrogens with two attached hydrogens (primary N) is 1. The first-order chi connectivity index (χ1) is 9.52. The molecule has 2 aromatic heterocycles. The van der Waals surface area contributed by atoms with E-state index in [-0.39, 0.29) is 23.0 Å². The Bertz CT molecular complexity index is 701. The first kappa shape index (κ1) is 13.3. The molecule has 0 bridgehead atoms.